The van der Waals surface area contributed by atoms with Gasteiger partial charge in [0.05, 0.1) is 11.1 Å². The number of carbonyl (C=O) groups is 1. The summed E-state index contributed by atoms with van der Waals surface area (Å²) in [6, 6.07) is 17.6. The molecule has 0 radical (unpaired) electrons. The van der Waals surface area contributed by atoms with Gasteiger partial charge in [0.15, 0.2) is 0 Å². The third-order valence-corrected chi connectivity index (χ3v) is 5.06. The molecule has 0 fully saturated rings. The summed E-state index contributed by atoms with van der Waals surface area (Å²) in [5.41, 5.74) is 1.07. The normalized spacial score (nSPS) is 12.3. The Morgan fingerprint density at radius 3 is 2.48 bits per heavy atom. The molecule has 0 saturated heterocycles. The minimum atomic E-state index is -0.127. The summed E-state index contributed by atoms with van der Waals surface area (Å²) in [5.74, 6) is -0.127. The summed E-state index contributed by atoms with van der Waals surface area (Å²) >= 11 is 7.76. The summed E-state index contributed by atoms with van der Waals surface area (Å²) in [5, 5.41) is 4.47. The molecule has 1 aromatic heterocycles. The molecule has 0 aliphatic carbocycles. The summed E-state index contributed by atoms with van der Waals surface area (Å²) < 4.78 is 1.03. The van der Waals surface area contributed by atoms with Gasteiger partial charge in [-0.05, 0) is 18.6 Å². The molecule has 0 bridgehead atoms. The Bertz CT molecular complexity index is 782. The van der Waals surface area contributed by atoms with Crippen LogP contribution in [0.4, 0.5) is 0 Å². The second kappa shape index (κ2) is 5.88. The predicted octanol–water partition coefficient (Wildman–Crippen LogP) is 5.05. The van der Waals surface area contributed by atoms with Crippen molar-refractivity contribution >= 4 is 38.9 Å². The van der Waals surface area contributed by atoms with Crippen LogP contribution in [0.25, 0.3) is 10.1 Å². The molecule has 0 saturated carbocycles. The fourth-order valence-electron chi connectivity index (χ4n) is 2.25. The highest BCUT2D eigenvalue weighted by molar-refractivity contribution is 7.21. The standard InChI is InChI=1S/C17H14ClNOS/c1-11(12-7-3-2-4-8-12)19-17(20)16-15(18)13-9-5-6-10-14(13)21-16/h2-11H,1H3,(H,19,20). The Morgan fingerprint density at radius 2 is 1.76 bits per heavy atom. The molecular weight excluding hydrogens is 302 g/mol. The second-order valence-electron chi connectivity index (χ2n) is 4.85. The lowest BCUT2D eigenvalue weighted by Gasteiger charge is -2.13. The maximum atomic E-state index is 12.4. The van der Waals surface area contributed by atoms with Gasteiger partial charge in [-0.3, -0.25) is 4.79 Å². The van der Waals surface area contributed by atoms with Crippen molar-refractivity contribution < 1.29 is 4.79 Å². The average Bonchev–Trinajstić information content (AvgIpc) is 2.86. The zero-order valence-electron chi connectivity index (χ0n) is 11.5. The lowest BCUT2D eigenvalue weighted by atomic mass is 10.1. The molecule has 2 nitrogen and oxygen atoms in total. The molecule has 0 spiro atoms. The highest BCUT2D eigenvalue weighted by atomic mass is 35.5. The number of nitrogens with one attached hydrogen (secondary N) is 1. The molecule has 4 heteroatoms. The fourth-order valence-corrected chi connectivity index (χ4v) is 3.67. The highest BCUT2D eigenvalue weighted by Gasteiger charge is 2.18. The molecule has 3 rings (SSSR count). The topological polar surface area (TPSA) is 29.1 Å². The number of fused-ring (bicyclic) bond motifs is 1. The van der Waals surface area contributed by atoms with E-state index in [4.69, 9.17) is 11.6 Å². The SMILES string of the molecule is CC(NC(=O)c1sc2ccccc2c1Cl)c1ccccc1. The Balaban J connectivity index is 1.86. The van der Waals surface area contributed by atoms with Crippen LogP contribution >= 0.6 is 22.9 Å². The lowest BCUT2D eigenvalue weighted by molar-refractivity contribution is 0.0944. The van der Waals surface area contributed by atoms with E-state index in [2.05, 4.69) is 5.32 Å². The largest absolute Gasteiger partial charge is 0.345 e. The van der Waals surface area contributed by atoms with Crippen LogP contribution in [0.1, 0.15) is 28.2 Å². The van der Waals surface area contributed by atoms with Crippen molar-refractivity contribution in [1.29, 1.82) is 0 Å². The number of hydrogen-bond donors (Lipinski definition) is 1. The van der Waals surface area contributed by atoms with E-state index in [1.807, 2.05) is 61.5 Å². The quantitative estimate of drug-likeness (QED) is 0.720. The van der Waals surface area contributed by atoms with E-state index in [0.717, 1.165) is 15.6 Å². The molecule has 3 aromatic rings. The smallest absolute Gasteiger partial charge is 0.263 e. The summed E-state index contributed by atoms with van der Waals surface area (Å²) in [4.78, 5) is 13.0. The number of halogens is 1. The third-order valence-electron chi connectivity index (χ3n) is 3.39. The van der Waals surface area contributed by atoms with Gasteiger partial charge in [0, 0.05) is 10.1 Å². The van der Waals surface area contributed by atoms with Gasteiger partial charge in [-0.2, -0.15) is 0 Å². The van der Waals surface area contributed by atoms with E-state index < -0.39 is 0 Å². The highest BCUT2D eigenvalue weighted by Crippen LogP contribution is 2.35. The number of carbonyl (C=O) groups excluding carboxylic acids is 1. The molecular formula is C17H14ClNOS. The zero-order valence-corrected chi connectivity index (χ0v) is 13.0. The molecule has 106 valence electrons. The van der Waals surface area contributed by atoms with Crippen molar-refractivity contribution in [1.82, 2.24) is 5.32 Å². The fraction of sp³-hybridized carbons (Fsp3) is 0.118. The maximum Gasteiger partial charge on any atom is 0.263 e. The van der Waals surface area contributed by atoms with Gasteiger partial charge < -0.3 is 5.32 Å². The van der Waals surface area contributed by atoms with Gasteiger partial charge in [0.1, 0.15) is 4.88 Å². The van der Waals surface area contributed by atoms with Gasteiger partial charge in [0.2, 0.25) is 0 Å². The molecule has 1 amide bonds. The van der Waals surface area contributed by atoms with Gasteiger partial charge >= 0.3 is 0 Å². The number of thiophene rings is 1. The number of amides is 1. The Morgan fingerprint density at radius 1 is 1.10 bits per heavy atom. The van der Waals surface area contributed by atoms with E-state index in [0.29, 0.717) is 9.90 Å². The van der Waals surface area contributed by atoms with Crippen LogP contribution in [0.3, 0.4) is 0 Å². The Kier molecular flexibility index (Phi) is 3.95. The maximum absolute atomic E-state index is 12.4. The van der Waals surface area contributed by atoms with Crippen LogP contribution in [0.15, 0.2) is 54.6 Å². The number of hydrogen-bond acceptors (Lipinski definition) is 2. The van der Waals surface area contributed by atoms with Crippen molar-refractivity contribution in [3.8, 4) is 0 Å². The van der Waals surface area contributed by atoms with E-state index in [1.54, 1.807) is 0 Å². The van der Waals surface area contributed by atoms with Gasteiger partial charge in [0.25, 0.3) is 5.91 Å². The van der Waals surface area contributed by atoms with Crippen molar-refractivity contribution in [2.75, 3.05) is 0 Å². The molecule has 0 aliphatic rings. The predicted molar refractivity (Wildman–Crippen MR) is 89.2 cm³/mol. The van der Waals surface area contributed by atoms with E-state index in [-0.39, 0.29) is 11.9 Å². The minimum absolute atomic E-state index is 0.0556. The van der Waals surface area contributed by atoms with Crippen molar-refractivity contribution in [3.05, 3.63) is 70.1 Å². The Labute approximate surface area is 132 Å². The van der Waals surface area contributed by atoms with E-state index >= 15 is 0 Å². The molecule has 1 N–H and O–H groups in total. The monoisotopic (exact) mass is 315 g/mol. The zero-order chi connectivity index (χ0) is 14.8. The third kappa shape index (κ3) is 2.80. The summed E-state index contributed by atoms with van der Waals surface area (Å²) in [7, 11) is 0. The summed E-state index contributed by atoms with van der Waals surface area (Å²) in [6.07, 6.45) is 0. The lowest BCUT2D eigenvalue weighted by Crippen LogP contribution is -2.26. The van der Waals surface area contributed by atoms with Crippen LogP contribution in [0.5, 0.6) is 0 Å². The molecule has 1 unspecified atom stereocenters. The first kappa shape index (κ1) is 14.1. The minimum Gasteiger partial charge on any atom is -0.345 e. The molecule has 0 aliphatic heterocycles. The van der Waals surface area contributed by atoms with Gasteiger partial charge in [-0.1, -0.05) is 60.1 Å². The van der Waals surface area contributed by atoms with E-state index in [9.17, 15) is 4.79 Å². The van der Waals surface area contributed by atoms with Crippen LogP contribution in [-0.2, 0) is 0 Å². The molecule has 1 heterocycles. The van der Waals surface area contributed by atoms with E-state index in [1.165, 1.54) is 11.3 Å². The Hall–Kier alpha value is -1.84. The van der Waals surface area contributed by atoms with Crippen LogP contribution in [-0.4, -0.2) is 5.91 Å². The number of benzene rings is 2. The second-order valence-corrected chi connectivity index (χ2v) is 6.28. The first-order valence-corrected chi connectivity index (χ1v) is 7.89. The van der Waals surface area contributed by atoms with Crippen LogP contribution in [0.2, 0.25) is 5.02 Å². The molecule has 2 aromatic carbocycles. The van der Waals surface area contributed by atoms with Crippen molar-refractivity contribution in [2.45, 2.75) is 13.0 Å². The van der Waals surface area contributed by atoms with Gasteiger partial charge in [-0.15, -0.1) is 11.3 Å². The average molecular weight is 316 g/mol. The molecule has 1 atom stereocenters. The number of rotatable bonds is 3. The van der Waals surface area contributed by atoms with Crippen LogP contribution < -0.4 is 5.32 Å². The van der Waals surface area contributed by atoms with Gasteiger partial charge in [-0.25, -0.2) is 0 Å². The summed E-state index contributed by atoms with van der Waals surface area (Å²) in [6.45, 7) is 1.97. The van der Waals surface area contributed by atoms with Crippen molar-refractivity contribution in [3.63, 3.8) is 0 Å². The van der Waals surface area contributed by atoms with Crippen molar-refractivity contribution in [2.24, 2.45) is 0 Å². The van der Waals surface area contributed by atoms with Crippen LogP contribution in [0, 0.1) is 0 Å². The molecule has 21 heavy (non-hydrogen) atoms. The first-order valence-electron chi connectivity index (χ1n) is 6.69. The first-order chi connectivity index (χ1) is 10.2.